The van der Waals surface area contributed by atoms with E-state index in [4.69, 9.17) is 4.74 Å². The molecule has 1 saturated carbocycles. The second-order valence-electron chi connectivity index (χ2n) is 4.46. The molecule has 0 unspecified atom stereocenters. The molecule has 2 heteroatoms. The first-order valence-electron chi connectivity index (χ1n) is 4.74. The van der Waals surface area contributed by atoms with Crippen molar-refractivity contribution < 1.29 is 9.53 Å². The van der Waals surface area contributed by atoms with Gasteiger partial charge in [-0.3, -0.25) is 4.79 Å². The van der Waals surface area contributed by atoms with Crippen molar-refractivity contribution in [2.45, 2.75) is 33.1 Å². The van der Waals surface area contributed by atoms with E-state index >= 15 is 0 Å². The SMILES string of the molecule is C=C1CCCC(C)(C)[C@@H]1C(=O)OC. The molecule has 2 nitrogen and oxygen atoms in total. The van der Waals surface area contributed by atoms with Crippen LogP contribution in [-0.2, 0) is 9.53 Å². The highest BCUT2D eigenvalue weighted by Gasteiger charge is 2.40. The Kier molecular flexibility index (Phi) is 2.79. The fraction of sp³-hybridized carbons (Fsp3) is 0.727. The molecular formula is C11H18O2. The third kappa shape index (κ3) is 1.93. The average molecular weight is 182 g/mol. The minimum absolute atomic E-state index is 0.0163. The van der Waals surface area contributed by atoms with E-state index < -0.39 is 0 Å². The van der Waals surface area contributed by atoms with Crippen LogP contribution in [0.5, 0.6) is 0 Å². The Hall–Kier alpha value is -0.790. The zero-order valence-corrected chi connectivity index (χ0v) is 8.72. The van der Waals surface area contributed by atoms with Gasteiger partial charge in [0, 0.05) is 0 Å². The molecule has 0 heterocycles. The van der Waals surface area contributed by atoms with Crippen LogP contribution in [0.15, 0.2) is 12.2 Å². The van der Waals surface area contributed by atoms with Gasteiger partial charge in [0.25, 0.3) is 0 Å². The van der Waals surface area contributed by atoms with E-state index in [1.165, 1.54) is 7.11 Å². The lowest BCUT2D eigenvalue weighted by molar-refractivity contribution is -0.148. The van der Waals surface area contributed by atoms with Crippen molar-refractivity contribution in [1.82, 2.24) is 0 Å². The van der Waals surface area contributed by atoms with Gasteiger partial charge in [0.1, 0.15) is 0 Å². The maximum absolute atomic E-state index is 11.5. The molecule has 1 fully saturated rings. The Labute approximate surface area is 80.0 Å². The summed E-state index contributed by atoms with van der Waals surface area (Å²) in [6.45, 7) is 8.18. The molecule has 74 valence electrons. The van der Waals surface area contributed by atoms with Gasteiger partial charge in [-0.15, -0.1) is 0 Å². The fourth-order valence-corrected chi connectivity index (χ4v) is 2.22. The highest BCUT2D eigenvalue weighted by atomic mass is 16.5. The summed E-state index contributed by atoms with van der Waals surface area (Å²) >= 11 is 0. The number of hydrogen-bond acceptors (Lipinski definition) is 2. The topological polar surface area (TPSA) is 26.3 Å². The predicted molar refractivity (Wildman–Crippen MR) is 52.3 cm³/mol. The first-order chi connectivity index (χ1) is 5.99. The highest BCUT2D eigenvalue weighted by molar-refractivity contribution is 5.76. The van der Waals surface area contributed by atoms with Crippen LogP contribution in [-0.4, -0.2) is 13.1 Å². The molecule has 1 aliphatic carbocycles. The van der Waals surface area contributed by atoms with E-state index in [1.54, 1.807) is 0 Å². The molecule has 0 aromatic heterocycles. The number of esters is 1. The van der Waals surface area contributed by atoms with Gasteiger partial charge in [-0.1, -0.05) is 26.0 Å². The molecule has 1 rings (SSSR count). The summed E-state index contributed by atoms with van der Waals surface area (Å²) in [4.78, 5) is 11.5. The van der Waals surface area contributed by atoms with Crippen LogP contribution >= 0.6 is 0 Å². The van der Waals surface area contributed by atoms with Crippen molar-refractivity contribution in [3.63, 3.8) is 0 Å². The standard InChI is InChI=1S/C11H18O2/c1-8-6-5-7-11(2,3)9(8)10(12)13-4/h9H,1,5-7H2,2-4H3/t9-/m0/s1. The molecule has 1 atom stereocenters. The maximum Gasteiger partial charge on any atom is 0.313 e. The predicted octanol–water partition coefficient (Wildman–Crippen LogP) is 2.54. The molecule has 0 aromatic rings. The molecule has 13 heavy (non-hydrogen) atoms. The van der Waals surface area contributed by atoms with Gasteiger partial charge in [0.15, 0.2) is 0 Å². The van der Waals surface area contributed by atoms with Crippen LogP contribution < -0.4 is 0 Å². The van der Waals surface area contributed by atoms with E-state index in [0.29, 0.717) is 0 Å². The largest absolute Gasteiger partial charge is 0.469 e. The van der Waals surface area contributed by atoms with Crippen molar-refractivity contribution in [3.8, 4) is 0 Å². The molecule has 0 amide bonds. The fourth-order valence-electron chi connectivity index (χ4n) is 2.22. The third-order valence-electron chi connectivity index (χ3n) is 2.95. The first kappa shape index (κ1) is 10.3. The third-order valence-corrected chi connectivity index (χ3v) is 2.95. The van der Waals surface area contributed by atoms with Crippen LogP contribution in [0, 0.1) is 11.3 Å². The smallest absolute Gasteiger partial charge is 0.313 e. The molecular weight excluding hydrogens is 164 g/mol. The molecule has 0 aliphatic heterocycles. The minimum Gasteiger partial charge on any atom is -0.469 e. The molecule has 0 aromatic carbocycles. The Morgan fingerprint density at radius 3 is 2.69 bits per heavy atom. The molecule has 0 bridgehead atoms. The van der Waals surface area contributed by atoms with Gasteiger partial charge in [-0.2, -0.15) is 0 Å². The second kappa shape index (κ2) is 3.52. The van der Waals surface area contributed by atoms with Gasteiger partial charge in [0.2, 0.25) is 0 Å². The van der Waals surface area contributed by atoms with Gasteiger partial charge in [-0.05, 0) is 24.7 Å². The van der Waals surface area contributed by atoms with Crippen molar-refractivity contribution in [1.29, 1.82) is 0 Å². The Morgan fingerprint density at radius 1 is 1.62 bits per heavy atom. The van der Waals surface area contributed by atoms with Crippen molar-refractivity contribution in [2.75, 3.05) is 7.11 Å². The number of carbonyl (C=O) groups is 1. The lowest BCUT2D eigenvalue weighted by Gasteiger charge is -2.38. The van der Waals surface area contributed by atoms with E-state index in [2.05, 4.69) is 20.4 Å². The minimum atomic E-state index is -0.130. The number of rotatable bonds is 1. The Morgan fingerprint density at radius 2 is 2.23 bits per heavy atom. The molecule has 0 radical (unpaired) electrons. The summed E-state index contributed by atoms with van der Waals surface area (Å²) in [5.41, 5.74) is 1.05. The maximum atomic E-state index is 11.5. The summed E-state index contributed by atoms with van der Waals surface area (Å²) < 4.78 is 4.80. The van der Waals surface area contributed by atoms with E-state index in [1.807, 2.05) is 0 Å². The number of ether oxygens (including phenoxy) is 1. The summed E-state index contributed by atoms with van der Waals surface area (Å²) in [6.07, 6.45) is 3.17. The number of carbonyl (C=O) groups excluding carboxylic acids is 1. The van der Waals surface area contributed by atoms with Gasteiger partial charge in [0.05, 0.1) is 13.0 Å². The number of methoxy groups -OCH3 is 1. The summed E-state index contributed by atoms with van der Waals surface area (Å²) in [6, 6.07) is 0. The van der Waals surface area contributed by atoms with Gasteiger partial charge < -0.3 is 4.74 Å². The van der Waals surface area contributed by atoms with Crippen LogP contribution in [0.25, 0.3) is 0 Å². The highest BCUT2D eigenvalue weighted by Crippen LogP contribution is 2.43. The summed E-state index contributed by atoms with van der Waals surface area (Å²) in [5, 5.41) is 0. The second-order valence-corrected chi connectivity index (χ2v) is 4.46. The van der Waals surface area contributed by atoms with Crippen LogP contribution in [0.3, 0.4) is 0 Å². The molecule has 0 spiro atoms. The van der Waals surface area contributed by atoms with E-state index in [9.17, 15) is 4.79 Å². The Balaban J connectivity index is 2.87. The van der Waals surface area contributed by atoms with Gasteiger partial charge >= 0.3 is 5.97 Å². The van der Waals surface area contributed by atoms with Crippen molar-refractivity contribution in [2.24, 2.45) is 11.3 Å². The monoisotopic (exact) mass is 182 g/mol. The molecule has 0 saturated heterocycles. The van der Waals surface area contributed by atoms with Crippen molar-refractivity contribution >= 4 is 5.97 Å². The summed E-state index contributed by atoms with van der Waals surface area (Å²) in [5.74, 6) is -0.235. The van der Waals surface area contributed by atoms with E-state index in [-0.39, 0.29) is 17.3 Å². The lowest BCUT2D eigenvalue weighted by atomic mass is 9.67. The van der Waals surface area contributed by atoms with Crippen molar-refractivity contribution in [3.05, 3.63) is 12.2 Å². The van der Waals surface area contributed by atoms with Crippen LogP contribution in [0.4, 0.5) is 0 Å². The molecule has 0 N–H and O–H groups in total. The normalized spacial score (nSPS) is 27.0. The summed E-state index contributed by atoms with van der Waals surface area (Å²) in [7, 11) is 1.44. The first-order valence-corrected chi connectivity index (χ1v) is 4.74. The van der Waals surface area contributed by atoms with E-state index in [0.717, 1.165) is 24.8 Å². The average Bonchev–Trinajstić information content (AvgIpc) is 2.02. The van der Waals surface area contributed by atoms with Gasteiger partial charge in [-0.25, -0.2) is 0 Å². The van der Waals surface area contributed by atoms with Crippen LogP contribution in [0.2, 0.25) is 0 Å². The zero-order valence-electron chi connectivity index (χ0n) is 8.72. The molecule has 1 aliphatic rings. The zero-order chi connectivity index (χ0) is 10.1. The number of hydrogen-bond donors (Lipinski definition) is 0. The Bertz CT molecular complexity index is 220. The van der Waals surface area contributed by atoms with Crippen LogP contribution in [0.1, 0.15) is 33.1 Å². The lowest BCUT2D eigenvalue weighted by Crippen LogP contribution is -2.36. The quantitative estimate of drug-likeness (QED) is 0.460.